The van der Waals surface area contributed by atoms with Crippen LogP contribution in [-0.2, 0) is 14.3 Å². The number of ether oxygens (including phenoxy) is 1. The average molecular weight is 315 g/mol. The minimum absolute atomic E-state index is 0.139. The quantitative estimate of drug-likeness (QED) is 0.767. The van der Waals surface area contributed by atoms with E-state index in [1.807, 2.05) is 0 Å². The van der Waals surface area contributed by atoms with E-state index in [1.165, 1.54) is 23.1 Å². The molecule has 1 aromatic rings. The first-order valence-electron chi connectivity index (χ1n) is 5.93. The molecule has 21 heavy (non-hydrogen) atoms. The summed E-state index contributed by atoms with van der Waals surface area (Å²) in [6.07, 6.45) is 0. The van der Waals surface area contributed by atoms with Crippen molar-refractivity contribution >= 4 is 29.4 Å². The maximum atomic E-state index is 11.7. The molecular formula is C13H15ClN2O5. The highest BCUT2D eigenvalue weighted by atomic mass is 35.5. The van der Waals surface area contributed by atoms with Crippen LogP contribution in [0.5, 0.6) is 5.75 Å². The summed E-state index contributed by atoms with van der Waals surface area (Å²) in [4.78, 5) is 35.6. The summed E-state index contributed by atoms with van der Waals surface area (Å²) in [6, 6.07) is 3.88. The topological polar surface area (TPSA) is 95.9 Å². The summed E-state index contributed by atoms with van der Waals surface area (Å²) in [5.41, 5.74) is -0.139. The van der Waals surface area contributed by atoms with E-state index < -0.39 is 18.5 Å². The first-order valence-corrected chi connectivity index (χ1v) is 6.31. The maximum Gasteiger partial charge on any atom is 0.342 e. The summed E-state index contributed by atoms with van der Waals surface area (Å²) < 4.78 is 4.72. The monoisotopic (exact) mass is 314 g/mol. The SMILES string of the molecule is CN(C)C(=O)CNC(=O)COC(=O)c1cc(Cl)ccc1O. The van der Waals surface area contributed by atoms with Crippen LogP contribution >= 0.6 is 11.6 Å². The van der Waals surface area contributed by atoms with Crippen LogP contribution in [0.1, 0.15) is 10.4 Å². The molecule has 2 N–H and O–H groups in total. The number of phenols is 1. The normalized spacial score (nSPS) is 9.86. The third kappa shape index (κ3) is 5.31. The standard InChI is InChI=1S/C13H15ClN2O5/c1-16(2)12(19)6-15-11(18)7-21-13(20)9-5-8(14)3-4-10(9)17/h3-5,17H,6-7H2,1-2H3,(H,15,18). The lowest BCUT2D eigenvalue weighted by Crippen LogP contribution is -2.38. The second kappa shape index (κ2) is 7.49. The van der Waals surface area contributed by atoms with Crippen LogP contribution in [0.3, 0.4) is 0 Å². The molecule has 0 aliphatic carbocycles. The zero-order chi connectivity index (χ0) is 16.0. The van der Waals surface area contributed by atoms with Crippen LogP contribution in [-0.4, -0.2) is 55.0 Å². The van der Waals surface area contributed by atoms with Crippen molar-refractivity contribution in [2.45, 2.75) is 0 Å². The molecule has 0 bridgehead atoms. The van der Waals surface area contributed by atoms with E-state index in [2.05, 4.69) is 5.32 Å². The number of likely N-dealkylation sites (N-methyl/N-ethyl adjacent to an activating group) is 1. The fourth-order valence-electron chi connectivity index (χ4n) is 1.26. The van der Waals surface area contributed by atoms with E-state index in [4.69, 9.17) is 16.3 Å². The predicted molar refractivity (Wildman–Crippen MR) is 75.1 cm³/mol. The van der Waals surface area contributed by atoms with Crippen molar-refractivity contribution in [2.24, 2.45) is 0 Å². The zero-order valence-electron chi connectivity index (χ0n) is 11.6. The van der Waals surface area contributed by atoms with Gasteiger partial charge in [-0.15, -0.1) is 0 Å². The number of phenolic OH excluding ortho intramolecular Hbond substituents is 1. The predicted octanol–water partition coefficient (Wildman–Crippen LogP) is 0.407. The molecule has 0 saturated carbocycles. The fraction of sp³-hybridized carbons (Fsp3) is 0.308. The maximum absolute atomic E-state index is 11.7. The molecule has 7 nitrogen and oxygen atoms in total. The Morgan fingerprint density at radius 2 is 2.00 bits per heavy atom. The van der Waals surface area contributed by atoms with Gasteiger partial charge >= 0.3 is 5.97 Å². The van der Waals surface area contributed by atoms with Gasteiger partial charge in [-0.3, -0.25) is 9.59 Å². The summed E-state index contributed by atoms with van der Waals surface area (Å²) in [6.45, 7) is -0.753. The van der Waals surface area contributed by atoms with Gasteiger partial charge in [0.15, 0.2) is 6.61 Å². The molecule has 0 spiro atoms. The van der Waals surface area contributed by atoms with Gasteiger partial charge in [-0.25, -0.2) is 4.79 Å². The number of benzene rings is 1. The van der Waals surface area contributed by atoms with Crippen molar-refractivity contribution < 1.29 is 24.2 Å². The minimum Gasteiger partial charge on any atom is -0.507 e. The number of hydrogen-bond acceptors (Lipinski definition) is 5. The smallest absolute Gasteiger partial charge is 0.342 e. The molecule has 114 valence electrons. The summed E-state index contributed by atoms with van der Waals surface area (Å²) >= 11 is 5.70. The van der Waals surface area contributed by atoms with E-state index in [9.17, 15) is 19.5 Å². The van der Waals surface area contributed by atoms with Crippen molar-refractivity contribution in [1.82, 2.24) is 10.2 Å². The molecule has 0 atom stereocenters. The van der Waals surface area contributed by atoms with Gasteiger partial charge in [0, 0.05) is 19.1 Å². The number of halogens is 1. The van der Waals surface area contributed by atoms with Crippen molar-refractivity contribution in [3.63, 3.8) is 0 Å². The highest BCUT2D eigenvalue weighted by Crippen LogP contribution is 2.22. The molecule has 0 aliphatic heterocycles. The lowest BCUT2D eigenvalue weighted by molar-refractivity contribution is -0.131. The summed E-state index contributed by atoms with van der Waals surface area (Å²) in [5.74, 6) is -2.10. The number of aromatic hydroxyl groups is 1. The van der Waals surface area contributed by atoms with Crippen LogP contribution in [0, 0.1) is 0 Å². The molecule has 2 amide bonds. The zero-order valence-corrected chi connectivity index (χ0v) is 12.3. The first kappa shape index (κ1) is 16.8. The van der Waals surface area contributed by atoms with Crippen LogP contribution in [0.2, 0.25) is 5.02 Å². The molecular weight excluding hydrogens is 300 g/mol. The lowest BCUT2D eigenvalue weighted by atomic mass is 10.2. The van der Waals surface area contributed by atoms with Gasteiger partial charge in [-0.1, -0.05) is 11.6 Å². The number of nitrogens with one attached hydrogen (secondary N) is 1. The van der Waals surface area contributed by atoms with Gasteiger partial charge < -0.3 is 20.1 Å². The summed E-state index contributed by atoms with van der Waals surface area (Å²) in [5, 5.41) is 12.0. The second-order valence-corrected chi connectivity index (χ2v) is 4.74. The van der Waals surface area contributed by atoms with Crippen LogP contribution in [0.4, 0.5) is 0 Å². The van der Waals surface area contributed by atoms with Gasteiger partial charge in [-0.2, -0.15) is 0 Å². The average Bonchev–Trinajstić information content (AvgIpc) is 2.44. The van der Waals surface area contributed by atoms with E-state index in [1.54, 1.807) is 14.1 Å². The fourth-order valence-corrected chi connectivity index (χ4v) is 1.44. The van der Waals surface area contributed by atoms with Crippen LogP contribution in [0.15, 0.2) is 18.2 Å². The Morgan fingerprint density at radius 1 is 1.33 bits per heavy atom. The number of amides is 2. The Hall–Kier alpha value is -2.28. The molecule has 0 unspecified atom stereocenters. The van der Waals surface area contributed by atoms with E-state index in [-0.39, 0.29) is 28.8 Å². The van der Waals surface area contributed by atoms with Gasteiger partial charge in [0.05, 0.1) is 6.54 Å². The van der Waals surface area contributed by atoms with Gasteiger partial charge in [0.2, 0.25) is 5.91 Å². The highest BCUT2D eigenvalue weighted by Gasteiger charge is 2.15. The molecule has 8 heteroatoms. The molecule has 0 aliphatic rings. The number of esters is 1. The van der Waals surface area contributed by atoms with Crippen molar-refractivity contribution in [1.29, 1.82) is 0 Å². The van der Waals surface area contributed by atoms with Crippen molar-refractivity contribution in [2.75, 3.05) is 27.2 Å². The van der Waals surface area contributed by atoms with Gasteiger partial charge in [-0.05, 0) is 18.2 Å². The van der Waals surface area contributed by atoms with Crippen LogP contribution in [0.25, 0.3) is 0 Å². The second-order valence-electron chi connectivity index (χ2n) is 4.30. The number of hydrogen-bond donors (Lipinski definition) is 2. The largest absolute Gasteiger partial charge is 0.507 e. The first-order chi connectivity index (χ1) is 9.81. The molecule has 0 radical (unpaired) electrons. The Kier molecular flexibility index (Phi) is 5.98. The molecule has 0 fully saturated rings. The number of rotatable bonds is 5. The lowest BCUT2D eigenvalue weighted by Gasteiger charge is -2.11. The molecule has 0 saturated heterocycles. The molecule has 1 aromatic carbocycles. The number of carbonyl (C=O) groups is 3. The Labute approximate surface area is 126 Å². The minimum atomic E-state index is -0.885. The Bertz CT molecular complexity index is 559. The highest BCUT2D eigenvalue weighted by molar-refractivity contribution is 6.31. The van der Waals surface area contributed by atoms with Crippen LogP contribution < -0.4 is 5.32 Å². The molecule has 0 heterocycles. The Morgan fingerprint density at radius 3 is 2.62 bits per heavy atom. The third-order valence-corrected chi connectivity index (χ3v) is 2.68. The van der Waals surface area contributed by atoms with Crippen molar-refractivity contribution in [3.05, 3.63) is 28.8 Å². The number of carbonyl (C=O) groups excluding carboxylic acids is 3. The Balaban J connectivity index is 2.48. The van der Waals surface area contributed by atoms with Gasteiger partial charge in [0.25, 0.3) is 5.91 Å². The summed E-state index contributed by atoms with van der Waals surface area (Å²) in [7, 11) is 3.10. The third-order valence-electron chi connectivity index (χ3n) is 2.45. The van der Waals surface area contributed by atoms with E-state index in [0.29, 0.717) is 0 Å². The van der Waals surface area contributed by atoms with E-state index in [0.717, 1.165) is 0 Å². The molecule has 1 rings (SSSR count). The number of nitrogens with zero attached hydrogens (tertiary/aromatic N) is 1. The van der Waals surface area contributed by atoms with Gasteiger partial charge in [0.1, 0.15) is 11.3 Å². The molecule has 0 aromatic heterocycles. The van der Waals surface area contributed by atoms with Crippen molar-refractivity contribution in [3.8, 4) is 5.75 Å². The van der Waals surface area contributed by atoms with E-state index >= 15 is 0 Å².